The molecule has 58 valence electrons. The van der Waals surface area contributed by atoms with Gasteiger partial charge in [0.2, 0.25) is 5.91 Å². The molecule has 6 heteroatoms. The summed E-state index contributed by atoms with van der Waals surface area (Å²) in [5.74, 6) is -0.454. The summed E-state index contributed by atoms with van der Waals surface area (Å²) in [6.07, 6.45) is 0. The highest BCUT2D eigenvalue weighted by Gasteiger charge is 1.90. The van der Waals surface area contributed by atoms with E-state index in [1.807, 2.05) is 0 Å². The molecular formula is C3H8Cl3NO2. The predicted molar refractivity (Wildman–Crippen MR) is 40.4 cm³/mol. The Hall–Kier alpha value is 0.300. The quantitative estimate of drug-likeness (QED) is 0.487. The third-order valence-corrected chi connectivity index (χ3v) is 0.640. The normalized spacial score (nSPS) is 6.44. The summed E-state index contributed by atoms with van der Waals surface area (Å²) < 4.78 is 0. The minimum absolute atomic E-state index is 0. The maximum absolute atomic E-state index is 10.0. The zero-order chi connectivity index (χ0) is 5.70. The standard InChI is InChI=1S/C3H6ClNO2.2ClH/c4-1-3(7)5-2-6;;/h6H,1-2H2,(H,5,7);2*1H. The number of rotatable bonds is 2. The van der Waals surface area contributed by atoms with Gasteiger partial charge in [-0.3, -0.25) is 4.79 Å². The fraction of sp³-hybridized carbons (Fsp3) is 0.667. The van der Waals surface area contributed by atoms with Crippen molar-refractivity contribution >= 4 is 42.3 Å². The molecule has 1 amide bonds. The maximum Gasteiger partial charge on any atom is 0.236 e. The molecule has 0 rings (SSSR count). The average Bonchev–Trinajstić information content (AvgIpc) is 1.68. The number of halogens is 3. The minimum Gasteiger partial charge on any atom is -0.377 e. The summed E-state index contributed by atoms with van der Waals surface area (Å²) in [4.78, 5) is 10.0. The van der Waals surface area contributed by atoms with Crippen LogP contribution in [0, 0.1) is 0 Å². The van der Waals surface area contributed by atoms with E-state index in [9.17, 15) is 4.79 Å². The van der Waals surface area contributed by atoms with Gasteiger partial charge in [-0.05, 0) is 0 Å². The fourth-order valence-corrected chi connectivity index (χ4v) is 0.230. The smallest absolute Gasteiger partial charge is 0.236 e. The number of carbonyl (C=O) groups excluding carboxylic acids is 1. The molecule has 0 aromatic carbocycles. The molecule has 0 spiro atoms. The molecule has 0 aromatic rings. The number of nitrogens with one attached hydrogen (secondary N) is 1. The van der Waals surface area contributed by atoms with Crippen molar-refractivity contribution in [2.75, 3.05) is 12.6 Å². The molecule has 0 aromatic heterocycles. The Morgan fingerprint density at radius 1 is 1.56 bits per heavy atom. The molecule has 0 aliphatic heterocycles. The Morgan fingerprint density at radius 3 is 2.11 bits per heavy atom. The lowest BCUT2D eigenvalue weighted by Gasteiger charge is -1.91. The van der Waals surface area contributed by atoms with Crippen LogP contribution in [0.5, 0.6) is 0 Å². The number of carbonyl (C=O) groups is 1. The number of aliphatic hydroxyl groups is 1. The van der Waals surface area contributed by atoms with E-state index in [0.717, 1.165) is 0 Å². The average molecular weight is 196 g/mol. The van der Waals surface area contributed by atoms with Crippen molar-refractivity contribution in [1.29, 1.82) is 0 Å². The molecule has 9 heavy (non-hydrogen) atoms. The molecule has 2 N–H and O–H groups in total. The summed E-state index contributed by atoms with van der Waals surface area (Å²) >= 11 is 5.01. The monoisotopic (exact) mass is 195 g/mol. The number of amides is 1. The Labute approximate surface area is 70.6 Å². The van der Waals surface area contributed by atoms with Crippen LogP contribution >= 0.6 is 36.4 Å². The highest BCUT2D eigenvalue weighted by molar-refractivity contribution is 6.27. The molecule has 0 unspecified atom stereocenters. The zero-order valence-corrected chi connectivity index (χ0v) is 6.85. The molecule has 3 nitrogen and oxygen atoms in total. The molecule has 0 atom stereocenters. The molecule has 0 saturated heterocycles. The molecule has 0 aliphatic carbocycles. The van der Waals surface area contributed by atoms with Crippen LogP contribution in [0.1, 0.15) is 0 Å². The van der Waals surface area contributed by atoms with E-state index < -0.39 is 0 Å². The Morgan fingerprint density at radius 2 is 2.00 bits per heavy atom. The number of hydrogen-bond acceptors (Lipinski definition) is 2. The SMILES string of the molecule is Cl.Cl.O=C(CCl)NCO. The van der Waals surface area contributed by atoms with Gasteiger partial charge in [0.1, 0.15) is 12.6 Å². The van der Waals surface area contributed by atoms with Crippen molar-refractivity contribution in [3.63, 3.8) is 0 Å². The van der Waals surface area contributed by atoms with Crippen molar-refractivity contribution in [1.82, 2.24) is 5.32 Å². The van der Waals surface area contributed by atoms with Gasteiger partial charge in [0.05, 0.1) is 0 Å². The Kier molecular flexibility index (Phi) is 20.0. The van der Waals surface area contributed by atoms with Gasteiger partial charge >= 0.3 is 0 Å². The third-order valence-electron chi connectivity index (χ3n) is 0.398. The number of hydrogen-bond donors (Lipinski definition) is 2. The minimum atomic E-state index is -0.357. The topological polar surface area (TPSA) is 49.3 Å². The fourth-order valence-electron chi connectivity index (χ4n) is 0.135. The second-order valence-corrected chi connectivity index (χ2v) is 1.16. The van der Waals surface area contributed by atoms with Crippen LogP contribution in [-0.2, 0) is 4.79 Å². The molecule has 0 fully saturated rings. The molecule has 0 heterocycles. The van der Waals surface area contributed by atoms with Gasteiger partial charge in [0.15, 0.2) is 0 Å². The molecule has 0 radical (unpaired) electrons. The van der Waals surface area contributed by atoms with E-state index in [4.69, 9.17) is 16.7 Å². The first-order chi connectivity index (χ1) is 3.31. The Bertz CT molecular complexity index is 70.1. The van der Waals surface area contributed by atoms with Crippen LogP contribution in [0.25, 0.3) is 0 Å². The lowest BCUT2D eigenvalue weighted by Crippen LogP contribution is -2.24. The molecule has 0 aliphatic rings. The van der Waals surface area contributed by atoms with Gasteiger partial charge in [-0.15, -0.1) is 36.4 Å². The Balaban J connectivity index is -0.000000180. The molecular weight excluding hydrogens is 188 g/mol. The first kappa shape index (κ1) is 16.1. The maximum atomic E-state index is 10.0. The second-order valence-electron chi connectivity index (χ2n) is 0.892. The lowest BCUT2D eigenvalue weighted by atomic mass is 10.7. The van der Waals surface area contributed by atoms with Crippen molar-refractivity contribution in [3.05, 3.63) is 0 Å². The third kappa shape index (κ3) is 11.7. The van der Waals surface area contributed by atoms with Gasteiger partial charge in [-0.25, -0.2) is 0 Å². The summed E-state index contributed by atoms with van der Waals surface area (Å²) in [5, 5.41) is 10.1. The first-order valence-corrected chi connectivity index (χ1v) is 2.28. The summed E-state index contributed by atoms with van der Waals surface area (Å²) in [6, 6.07) is 0. The van der Waals surface area contributed by atoms with Gasteiger partial charge < -0.3 is 10.4 Å². The van der Waals surface area contributed by atoms with Crippen LogP contribution < -0.4 is 5.32 Å². The van der Waals surface area contributed by atoms with Gasteiger partial charge in [-0.1, -0.05) is 0 Å². The van der Waals surface area contributed by atoms with Crippen molar-refractivity contribution in [3.8, 4) is 0 Å². The van der Waals surface area contributed by atoms with Crippen LogP contribution in [0.3, 0.4) is 0 Å². The van der Waals surface area contributed by atoms with Crippen LogP contribution in [0.15, 0.2) is 0 Å². The van der Waals surface area contributed by atoms with Crippen molar-refractivity contribution in [2.45, 2.75) is 0 Å². The van der Waals surface area contributed by atoms with Crippen molar-refractivity contribution < 1.29 is 9.90 Å². The van der Waals surface area contributed by atoms with E-state index >= 15 is 0 Å². The van der Waals surface area contributed by atoms with E-state index in [1.165, 1.54) is 0 Å². The highest BCUT2D eigenvalue weighted by atomic mass is 35.5. The van der Waals surface area contributed by atoms with Crippen LogP contribution in [0.2, 0.25) is 0 Å². The van der Waals surface area contributed by atoms with Gasteiger partial charge in [0.25, 0.3) is 0 Å². The van der Waals surface area contributed by atoms with Gasteiger partial charge in [-0.2, -0.15) is 0 Å². The number of alkyl halides is 1. The predicted octanol–water partition coefficient (Wildman–Crippen LogP) is 0.135. The molecule has 0 bridgehead atoms. The van der Waals surface area contributed by atoms with Gasteiger partial charge in [0, 0.05) is 0 Å². The van der Waals surface area contributed by atoms with Crippen LogP contribution in [-0.4, -0.2) is 23.6 Å². The largest absolute Gasteiger partial charge is 0.377 e. The summed E-state index contributed by atoms with van der Waals surface area (Å²) in [6.45, 7) is -0.342. The van der Waals surface area contributed by atoms with E-state index in [0.29, 0.717) is 0 Å². The summed E-state index contributed by atoms with van der Waals surface area (Å²) in [7, 11) is 0. The van der Waals surface area contributed by atoms with Crippen molar-refractivity contribution in [2.24, 2.45) is 0 Å². The van der Waals surface area contributed by atoms with E-state index in [2.05, 4.69) is 5.32 Å². The van der Waals surface area contributed by atoms with Crippen LogP contribution in [0.4, 0.5) is 0 Å². The highest BCUT2D eigenvalue weighted by Crippen LogP contribution is 1.70. The first-order valence-electron chi connectivity index (χ1n) is 1.74. The second kappa shape index (κ2) is 11.1. The zero-order valence-electron chi connectivity index (χ0n) is 4.46. The summed E-state index contributed by atoms with van der Waals surface area (Å²) in [5.41, 5.74) is 0. The van der Waals surface area contributed by atoms with E-state index in [1.54, 1.807) is 0 Å². The lowest BCUT2D eigenvalue weighted by molar-refractivity contribution is -0.119. The van der Waals surface area contributed by atoms with E-state index in [-0.39, 0.29) is 43.3 Å². The number of aliphatic hydroxyl groups excluding tert-OH is 1. The molecule has 0 saturated carbocycles.